The monoisotopic (exact) mass is 489 g/mol. The fourth-order valence-electron chi connectivity index (χ4n) is 4.46. The number of aliphatic hydroxyl groups excluding tert-OH is 1. The highest BCUT2D eigenvalue weighted by Gasteiger charge is 2.20. The summed E-state index contributed by atoms with van der Waals surface area (Å²) in [5, 5.41) is 17.7. The Morgan fingerprint density at radius 3 is 2.57 bits per heavy atom. The summed E-state index contributed by atoms with van der Waals surface area (Å²) in [5.74, 6) is 0.661. The van der Waals surface area contributed by atoms with Crippen molar-refractivity contribution in [2.24, 2.45) is 0 Å². The molecule has 0 unspecified atom stereocenters. The minimum atomic E-state index is 0.618. The van der Waals surface area contributed by atoms with Crippen LogP contribution in [0.4, 0.5) is 5.69 Å². The number of nitrogens with one attached hydrogen (secondary N) is 2. The molecule has 2 heterocycles. The van der Waals surface area contributed by atoms with Gasteiger partial charge in [0.05, 0.1) is 11.4 Å². The Morgan fingerprint density at radius 1 is 1.14 bits per heavy atom. The minimum Gasteiger partial charge on any atom is -0.513 e. The van der Waals surface area contributed by atoms with Crippen molar-refractivity contribution in [3.05, 3.63) is 77.6 Å². The van der Waals surface area contributed by atoms with Gasteiger partial charge in [-0.15, -0.1) is 11.8 Å². The molecule has 6 nitrogen and oxygen atoms in total. The molecule has 2 aromatic carbocycles. The average molecular weight is 490 g/mol. The molecule has 0 bridgehead atoms. The number of aliphatic hydroxyl groups is 1. The van der Waals surface area contributed by atoms with Crippen LogP contribution >= 0.6 is 11.8 Å². The fraction of sp³-hybridized carbons (Fsp3) is 0.321. The lowest BCUT2D eigenvalue weighted by Crippen LogP contribution is -2.39. The van der Waals surface area contributed by atoms with Crippen LogP contribution in [0.3, 0.4) is 0 Å². The highest BCUT2D eigenvalue weighted by molar-refractivity contribution is 7.98. The number of imidazole rings is 1. The molecule has 0 saturated carbocycles. The summed E-state index contributed by atoms with van der Waals surface area (Å²) in [6, 6.07) is 17.1. The zero-order valence-corrected chi connectivity index (χ0v) is 21.8. The first-order chi connectivity index (χ1) is 17.1. The largest absolute Gasteiger partial charge is 0.513 e. The highest BCUT2D eigenvalue weighted by atomic mass is 32.2. The molecular formula is C28H35N5OS. The molecule has 184 valence electrons. The van der Waals surface area contributed by atoms with Crippen molar-refractivity contribution < 1.29 is 5.11 Å². The van der Waals surface area contributed by atoms with Crippen LogP contribution < -0.4 is 10.3 Å². The Balaban J connectivity index is 1.58. The topological polar surface area (TPSA) is 67.4 Å². The van der Waals surface area contributed by atoms with E-state index in [4.69, 9.17) is 4.98 Å². The Kier molecular flexibility index (Phi) is 8.21. The minimum absolute atomic E-state index is 0.618. The maximum atomic E-state index is 10.2. The zero-order chi connectivity index (χ0) is 24.8. The maximum absolute atomic E-state index is 10.2. The second kappa shape index (κ2) is 11.5. The molecule has 0 spiro atoms. The number of rotatable bonds is 9. The molecule has 35 heavy (non-hydrogen) atoms. The van der Waals surface area contributed by atoms with E-state index in [0.717, 1.165) is 55.8 Å². The van der Waals surface area contributed by atoms with Crippen molar-refractivity contribution in [3.8, 4) is 11.1 Å². The second-order valence-corrected chi connectivity index (χ2v) is 9.44. The van der Waals surface area contributed by atoms with E-state index in [1.807, 2.05) is 12.1 Å². The molecule has 1 fully saturated rings. The quantitative estimate of drug-likeness (QED) is 0.196. The summed E-state index contributed by atoms with van der Waals surface area (Å²) in [6.07, 6.45) is 7.30. The lowest BCUT2D eigenvalue weighted by atomic mass is 10.1. The van der Waals surface area contributed by atoms with Gasteiger partial charge in [-0.1, -0.05) is 36.8 Å². The van der Waals surface area contributed by atoms with Gasteiger partial charge in [-0.3, -0.25) is 10.0 Å². The van der Waals surface area contributed by atoms with Gasteiger partial charge in [-0.05, 0) is 74.0 Å². The molecule has 0 amide bonds. The molecule has 3 aromatic rings. The SMILES string of the molecule is CCc1[nH]c(/C(=C\O)N(C)N(CC)c2ccc(-c3cccc(SC)c3)cc2)nc1/C=C1\CCNC1. The van der Waals surface area contributed by atoms with E-state index < -0.39 is 0 Å². The molecule has 0 radical (unpaired) electrons. The smallest absolute Gasteiger partial charge is 0.159 e. The van der Waals surface area contributed by atoms with Gasteiger partial charge in [0.2, 0.25) is 0 Å². The third-order valence-electron chi connectivity index (χ3n) is 6.42. The molecule has 1 aliphatic rings. The first-order valence-electron chi connectivity index (χ1n) is 12.2. The number of anilines is 1. The van der Waals surface area contributed by atoms with E-state index >= 15 is 0 Å². The van der Waals surface area contributed by atoms with Crippen LogP contribution in [0.5, 0.6) is 0 Å². The van der Waals surface area contributed by atoms with Crippen molar-refractivity contribution in [2.75, 3.05) is 37.9 Å². The first kappa shape index (κ1) is 24.9. The fourth-order valence-corrected chi connectivity index (χ4v) is 4.92. The number of benzene rings is 2. The van der Waals surface area contributed by atoms with Crippen LogP contribution in [0.2, 0.25) is 0 Å². The third-order valence-corrected chi connectivity index (χ3v) is 7.15. The summed E-state index contributed by atoms with van der Waals surface area (Å²) in [7, 11) is 1.95. The van der Waals surface area contributed by atoms with E-state index in [2.05, 4.69) is 90.0 Å². The van der Waals surface area contributed by atoms with Gasteiger partial charge in [0.1, 0.15) is 12.0 Å². The van der Waals surface area contributed by atoms with Crippen LogP contribution in [0.15, 0.2) is 65.3 Å². The first-order valence-corrected chi connectivity index (χ1v) is 13.4. The number of aromatic amines is 1. The Labute approximate surface area is 212 Å². The van der Waals surface area contributed by atoms with Crippen LogP contribution in [-0.2, 0) is 6.42 Å². The van der Waals surface area contributed by atoms with Gasteiger partial charge >= 0.3 is 0 Å². The number of hydrogen-bond donors (Lipinski definition) is 3. The van der Waals surface area contributed by atoms with Gasteiger partial charge in [0, 0.05) is 30.7 Å². The molecule has 4 rings (SSSR count). The van der Waals surface area contributed by atoms with Crippen molar-refractivity contribution in [1.82, 2.24) is 20.3 Å². The summed E-state index contributed by atoms with van der Waals surface area (Å²) in [5.41, 5.74) is 7.43. The number of nitrogens with zero attached hydrogens (tertiary/aromatic N) is 3. The van der Waals surface area contributed by atoms with Gasteiger partial charge in [0.25, 0.3) is 0 Å². The number of thioether (sulfide) groups is 1. The van der Waals surface area contributed by atoms with Crippen molar-refractivity contribution >= 4 is 29.2 Å². The highest BCUT2D eigenvalue weighted by Crippen LogP contribution is 2.29. The van der Waals surface area contributed by atoms with Gasteiger partial charge in [-0.25, -0.2) is 4.98 Å². The Bertz CT molecular complexity index is 1190. The van der Waals surface area contributed by atoms with E-state index in [0.29, 0.717) is 11.5 Å². The lowest BCUT2D eigenvalue weighted by Gasteiger charge is -2.35. The standard InChI is InChI=1S/C28H35N5OS/c1-5-25-26(16-20-14-15-29-18-20)31-28(30-25)27(19-34)32(3)33(6-2)23-12-10-21(11-13-23)22-8-7-9-24(17-22)35-4/h7-13,16-17,19,29,34H,5-6,14-15,18H2,1-4H3,(H,30,31)/b20-16+,27-19+. The molecule has 0 aliphatic carbocycles. The predicted molar refractivity (Wildman–Crippen MR) is 148 cm³/mol. The van der Waals surface area contributed by atoms with Crippen molar-refractivity contribution in [3.63, 3.8) is 0 Å². The molecule has 3 N–H and O–H groups in total. The lowest BCUT2D eigenvalue weighted by molar-refractivity contribution is 0.408. The van der Waals surface area contributed by atoms with Gasteiger partial charge in [0.15, 0.2) is 5.82 Å². The predicted octanol–water partition coefficient (Wildman–Crippen LogP) is 5.97. The number of aryl methyl sites for hydroxylation is 1. The average Bonchev–Trinajstić information content (AvgIpc) is 3.55. The summed E-state index contributed by atoms with van der Waals surface area (Å²) < 4.78 is 0. The van der Waals surface area contributed by atoms with E-state index in [1.165, 1.54) is 21.6 Å². The third kappa shape index (κ3) is 5.57. The molecule has 7 heteroatoms. The van der Waals surface area contributed by atoms with Gasteiger partial charge in [-0.2, -0.15) is 0 Å². The Morgan fingerprint density at radius 2 is 1.94 bits per heavy atom. The Hall–Kier alpha value is -3.16. The van der Waals surface area contributed by atoms with Crippen molar-refractivity contribution in [1.29, 1.82) is 0 Å². The number of aromatic nitrogens is 2. The molecule has 0 atom stereocenters. The normalized spacial score (nSPS) is 15.1. The summed E-state index contributed by atoms with van der Waals surface area (Å²) in [6.45, 7) is 6.88. The van der Waals surface area contributed by atoms with E-state index in [1.54, 1.807) is 11.8 Å². The summed E-state index contributed by atoms with van der Waals surface area (Å²) in [4.78, 5) is 9.55. The second-order valence-electron chi connectivity index (χ2n) is 8.56. The number of hydrazine groups is 1. The van der Waals surface area contributed by atoms with Crippen molar-refractivity contribution in [2.45, 2.75) is 31.6 Å². The van der Waals surface area contributed by atoms with Crippen LogP contribution in [0, 0.1) is 0 Å². The molecular weight excluding hydrogens is 454 g/mol. The van der Waals surface area contributed by atoms with Crippen LogP contribution in [0.25, 0.3) is 22.9 Å². The van der Waals surface area contributed by atoms with Crippen LogP contribution in [-0.4, -0.2) is 53.0 Å². The van der Waals surface area contributed by atoms with Gasteiger partial charge < -0.3 is 15.4 Å². The zero-order valence-electron chi connectivity index (χ0n) is 21.0. The van der Waals surface area contributed by atoms with Crippen LogP contribution in [0.1, 0.15) is 37.5 Å². The molecule has 1 aliphatic heterocycles. The number of H-pyrrole nitrogens is 1. The summed E-state index contributed by atoms with van der Waals surface area (Å²) >= 11 is 1.75. The van der Waals surface area contributed by atoms with E-state index in [9.17, 15) is 5.11 Å². The maximum Gasteiger partial charge on any atom is 0.159 e. The number of hydrogen-bond acceptors (Lipinski definition) is 6. The molecule has 1 aromatic heterocycles. The molecule has 1 saturated heterocycles. The van der Waals surface area contributed by atoms with E-state index in [-0.39, 0.29) is 0 Å².